The molecule has 5 heteroatoms. The number of nitrogens with zero attached hydrogens (tertiary/aromatic N) is 1. The third kappa shape index (κ3) is 3.51. The summed E-state index contributed by atoms with van der Waals surface area (Å²) < 4.78 is 12.7. The number of hydrogen-bond acceptors (Lipinski definition) is 5. The molecule has 2 heterocycles. The number of esters is 1. The number of anilines is 2. The first-order valence-electron chi connectivity index (χ1n) is 12.4. The summed E-state index contributed by atoms with van der Waals surface area (Å²) >= 11 is 0. The summed E-state index contributed by atoms with van der Waals surface area (Å²) in [4.78, 5) is 15.3. The first-order chi connectivity index (χ1) is 17.6. The molecule has 2 aliphatic rings. The molecule has 0 saturated carbocycles. The minimum Gasteiger partial charge on any atom is -0.456 e. The zero-order valence-corrected chi connectivity index (χ0v) is 20.4. The van der Waals surface area contributed by atoms with E-state index < -0.39 is 5.60 Å². The maximum Gasteiger partial charge on any atom is 0.340 e. The first-order valence-corrected chi connectivity index (χ1v) is 12.4. The lowest BCUT2D eigenvalue weighted by molar-refractivity contribution is 0.0224. The smallest absolute Gasteiger partial charge is 0.340 e. The Balaban J connectivity index is 1.39. The van der Waals surface area contributed by atoms with Crippen molar-refractivity contribution in [2.45, 2.75) is 25.5 Å². The van der Waals surface area contributed by atoms with Gasteiger partial charge in [0.25, 0.3) is 0 Å². The highest BCUT2D eigenvalue weighted by Crippen LogP contribution is 2.56. The molecule has 4 aromatic rings. The summed E-state index contributed by atoms with van der Waals surface area (Å²) in [5, 5.41) is 3.50. The van der Waals surface area contributed by atoms with Gasteiger partial charge in [0.2, 0.25) is 0 Å². The van der Waals surface area contributed by atoms with Crippen LogP contribution in [0.5, 0.6) is 11.5 Å². The second-order valence-corrected chi connectivity index (χ2v) is 9.47. The molecule has 6 rings (SSSR count). The Labute approximate surface area is 211 Å². The number of hydrogen-bond donors (Lipinski definition) is 1. The van der Waals surface area contributed by atoms with Gasteiger partial charge in [-0.2, -0.15) is 0 Å². The van der Waals surface area contributed by atoms with E-state index in [4.69, 9.17) is 9.47 Å². The van der Waals surface area contributed by atoms with E-state index in [9.17, 15) is 4.79 Å². The van der Waals surface area contributed by atoms with Gasteiger partial charge in [-0.25, -0.2) is 4.79 Å². The molecule has 4 aromatic carbocycles. The minimum absolute atomic E-state index is 0.287. The van der Waals surface area contributed by atoms with E-state index in [-0.39, 0.29) is 12.0 Å². The maximum atomic E-state index is 13.0. The minimum atomic E-state index is -1.02. The van der Waals surface area contributed by atoms with Crippen LogP contribution in [-0.2, 0) is 10.3 Å². The van der Waals surface area contributed by atoms with Crippen LogP contribution in [0.2, 0.25) is 0 Å². The summed E-state index contributed by atoms with van der Waals surface area (Å²) in [6.45, 7) is 6.01. The van der Waals surface area contributed by atoms with Gasteiger partial charge in [0.1, 0.15) is 11.5 Å². The fourth-order valence-corrected chi connectivity index (χ4v) is 5.35. The van der Waals surface area contributed by atoms with Crippen molar-refractivity contribution in [1.29, 1.82) is 0 Å². The lowest BCUT2D eigenvalue weighted by Gasteiger charge is -2.37. The number of carbonyl (C=O) groups is 1. The van der Waals surface area contributed by atoms with Crippen molar-refractivity contribution in [3.8, 4) is 11.5 Å². The van der Waals surface area contributed by atoms with Gasteiger partial charge in [-0.15, -0.1) is 0 Å². The van der Waals surface area contributed by atoms with Crippen LogP contribution in [-0.4, -0.2) is 25.1 Å². The van der Waals surface area contributed by atoms with Crippen LogP contribution in [0.4, 0.5) is 11.4 Å². The number of fused-ring (bicyclic) bond motifs is 6. The van der Waals surface area contributed by atoms with Crippen molar-refractivity contribution in [3.63, 3.8) is 0 Å². The third-order valence-electron chi connectivity index (χ3n) is 7.01. The van der Waals surface area contributed by atoms with E-state index in [1.165, 1.54) is 0 Å². The van der Waals surface area contributed by atoms with Gasteiger partial charge in [-0.05, 0) is 50.2 Å². The second-order valence-electron chi connectivity index (χ2n) is 9.47. The molecule has 1 unspecified atom stereocenters. The molecule has 1 spiro atoms. The first kappa shape index (κ1) is 22.2. The van der Waals surface area contributed by atoms with E-state index in [1.807, 2.05) is 66.7 Å². The summed E-state index contributed by atoms with van der Waals surface area (Å²) in [6, 6.07) is 32.2. The summed E-state index contributed by atoms with van der Waals surface area (Å²) in [6.07, 6.45) is 0. The Morgan fingerprint density at radius 3 is 2.31 bits per heavy atom. The Bertz CT molecular complexity index is 1430. The van der Waals surface area contributed by atoms with E-state index in [2.05, 4.69) is 54.4 Å². The highest BCUT2D eigenvalue weighted by Gasteiger charge is 2.53. The van der Waals surface area contributed by atoms with Crippen LogP contribution in [0.3, 0.4) is 0 Å². The predicted octanol–water partition coefficient (Wildman–Crippen LogP) is 6.58. The van der Waals surface area contributed by atoms with Crippen molar-refractivity contribution in [1.82, 2.24) is 0 Å². The van der Waals surface area contributed by atoms with Crippen LogP contribution in [0, 0.1) is 0 Å². The zero-order valence-electron chi connectivity index (χ0n) is 20.4. The Kier molecular flexibility index (Phi) is 5.41. The quantitative estimate of drug-likeness (QED) is 0.319. The van der Waals surface area contributed by atoms with Crippen molar-refractivity contribution >= 4 is 17.3 Å². The van der Waals surface area contributed by atoms with Crippen molar-refractivity contribution in [2.24, 2.45) is 0 Å². The van der Waals surface area contributed by atoms with Crippen LogP contribution in [0.15, 0.2) is 97.1 Å². The molecule has 0 bridgehead atoms. The van der Waals surface area contributed by atoms with E-state index in [1.54, 1.807) is 0 Å². The highest BCUT2D eigenvalue weighted by molar-refractivity contribution is 5.97. The van der Waals surface area contributed by atoms with Crippen LogP contribution >= 0.6 is 0 Å². The predicted molar refractivity (Wildman–Crippen MR) is 142 cm³/mol. The van der Waals surface area contributed by atoms with Crippen LogP contribution < -0.4 is 15.0 Å². The van der Waals surface area contributed by atoms with Gasteiger partial charge in [0.15, 0.2) is 5.60 Å². The normalized spacial score (nSPS) is 17.1. The molecule has 1 atom stereocenters. The van der Waals surface area contributed by atoms with Crippen molar-refractivity contribution in [2.75, 3.05) is 23.3 Å². The van der Waals surface area contributed by atoms with E-state index >= 15 is 0 Å². The number of ether oxygens (including phenoxy) is 2. The number of carbonyl (C=O) groups excluding carboxylic acids is 1. The molecule has 0 fully saturated rings. The number of rotatable bonds is 6. The highest BCUT2D eigenvalue weighted by atomic mass is 16.6. The molecule has 0 saturated heterocycles. The molecule has 1 N–H and O–H groups in total. The maximum absolute atomic E-state index is 13.0. The largest absolute Gasteiger partial charge is 0.456 e. The molecule has 0 aliphatic carbocycles. The average molecular weight is 477 g/mol. The average Bonchev–Trinajstić information content (AvgIpc) is 3.20. The van der Waals surface area contributed by atoms with Gasteiger partial charge < -0.3 is 19.7 Å². The summed E-state index contributed by atoms with van der Waals surface area (Å²) in [5.41, 5.74) is 4.28. The fourth-order valence-electron chi connectivity index (χ4n) is 5.35. The van der Waals surface area contributed by atoms with Gasteiger partial charge in [0, 0.05) is 53.3 Å². The van der Waals surface area contributed by atoms with E-state index in [0.717, 1.165) is 41.2 Å². The topological polar surface area (TPSA) is 50.8 Å². The number of nitrogens with one attached hydrogen (secondary N) is 1. The Morgan fingerprint density at radius 2 is 1.50 bits per heavy atom. The molecule has 36 heavy (non-hydrogen) atoms. The fraction of sp³-hybridized carbons (Fsp3) is 0.194. The van der Waals surface area contributed by atoms with Crippen molar-refractivity contribution in [3.05, 3.63) is 119 Å². The molecule has 0 aromatic heterocycles. The Hall–Kier alpha value is -4.25. The number of para-hydroxylation sites is 2. The van der Waals surface area contributed by atoms with Gasteiger partial charge >= 0.3 is 5.97 Å². The van der Waals surface area contributed by atoms with E-state index in [0.29, 0.717) is 17.1 Å². The lowest BCUT2D eigenvalue weighted by atomic mass is 9.77. The molecular weight excluding hydrogens is 448 g/mol. The van der Waals surface area contributed by atoms with Crippen LogP contribution in [0.1, 0.15) is 40.9 Å². The molecular formula is C31H28N2O3. The number of benzene rings is 4. The standard InChI is InChI=1S/C31H28N2O3/c1-21(2)33(19-18-32-22-10-4-3-5-11-22)23-16-17-27-29(20-23)35-28-15-9-8-14-26(28)31(27)25-13-7-6-12-24(25)30(34)36-31/h3-17,20-21,32H,18-19H2,1-2H3. The monoisotopic (exact) mass is 476 g/mol. The Morgan fingerprint density at radius 1 is 0.806 bits per heavy atom. The SMILES string of the molecule is CC(C)N(CCNc1ccccc1)c1ccc2c(c1)Oc1ccccc1C21OC(=O)c2ccccc21. The lowest BCUT2D eigenvalue weighted by Crippen LogP contribution is -2.36. The van der Waals surface area contributed by atoms with Gasteiger partial charge in [-0.1, -0.05) is 54.6 Å². The molecule has 5 nitrogen and oxygen atoms in total. The van der Waals surface area contributed by atoms with Gasteiger partial charge in [-0.3, -0.25) is 0 Å². The summed E-state index contributed by atoms with van der Waals surface area (Å²) in [7, 11) is 0. The van der Waals surface area contributed by atoms with Crippen molar-refractivity contribution < 1.29 is 14.3 Å². The van der Waals surface area contributed by atoms with Crippen LogP contribution in [0.25, 0.3) is 0 Å². The third-order valence-corrected chi connectivity index (χ3v) is 7.01. The molecule has 0 amide bonds. The molecule has 0 radical (unpaired) electrons. The molecule has 2 aliphatic heterocycles. The molecule has 180 valence electrons. The second kappa shape index (κ2) is 8.76. The summed E-state index contributed by atoms with van der Waals surface area (Å²) in [5.74, 6) is 1.10. The van der Waals surface area contributed by atoms with Gasteiger partial charge in [0.05, 0.1) is 5.56 Å². The zero-order chi connectivity index (χ0) is 24.7.